The summed E-state index contributed by atoms with van der Waals surface area (Å²) in [6.45, 7) is 3.90. The van der Waals surface area contributed by atoms with E-state index in [1.807, 2.05) is 0 Å². The average molecular weight is 305 g/mol. The zero-order valence-corrected chi connectivity index (χ0v) is 12.5. The van der Waals surface area contributed by atoms with Crippen LogP contribution in [-0.2, 0) is 0 Å². The third-order valence-electron chi connectivity index (χ3n) is 3.31. The molecule has 0 fully saturated rings. The lowest BCUT2D eigenvalue weighted by Gasteiger charge is -2.17. The number of hydrogen-bond donors (Lipinski definition) is 3. The minimum atomic E-state index is -0.425. The quantitative estimate of drug-likeness (QED) is 0.562. The molecular weight excluding hydrogens is 286 g/mol. The van der Waals surface area contributed by atoms with E-state index < -0.39 is 6.03 Å². The van der Waals surface area contributed by atoms with E-state index in [4.69, 9.17) is 5.11 Å². The molecule has 0 saturated carbocycles. The summed E-state index contributed by atoms with van der Waals surface area (Å²) in [6, 6.07) is 3.99. The van der Waals surface area contributed by atoms with Gasteiger partial charge in [0.05, 0.1) is 11.1 Å². The van der Waals surface area contributed by atoms with Crippen LogP contribution in [0.25, 0.3) is 0 Å². The molecule has 2 rings (SSSR count). The Labute approximate surface area is 128 Å². The molecule has 0 aromatic heterocycles. The van der Waals surface area contributed by atoms with Gasteiger partial charge in [0.1, 0.15) is 0 Å². The number of fused-ring (bicyclic) bond motifs is 1. The number of aliphatic hydroxyl groups is 1. The molecular formula is C15H19N3O4. The normalized spacial score (nSPS) is 13.5. The Morgan fingerprint density at radius 1 is 1.23 bits per heavy atom. The molecule has 118 valence electrons. The SMILES string of the molecule is CC(C)N1C(=O)c2ccc(NC(=O)NCCCO)cc2C1=O. The van der Waals surface area contributed by atoms with Crippen molar-refractivity contribution in [1.29, 1.82) is 0 Å². The molecule has 1 aromatic carbocycles. The van der Waals surface area contributed by atoms with Crippen LogP contribution in [0.2, 0.25) is 0 Å². The van der Waals surface area contributed by atoms with Gasteiger partial charge < -0.3 is 15.7 Å². The van der Waals surface area contributed by atoms with Crippen LogP contribution < -0.4 is 10.6 Å². The maximum absolute atomic E-state index is 12.2. The van der Waals surface area contributed by atoms with E-state index in [1.54, 1.807) is 26.0 Å². The van der Waals surface area contributed by atoms with Gasteiger partial charge in [-0.05, 0) is 38.5 Å². The molecule has 0 saturated heterocycles. The van der Waals surface area contributed by atoms with Crippen LogP contribution in [0.15, 0.2) is 18.2 Å². The second-order valence-corrected chi connectivity index (χ2v) is 5.29. The molecule has 0 aliphatic carbocycles. The molecule has 1 aliphatic rings. The highest BCUT2D eigenvalue weighted by atomic mass is 16.3. The molecule has 1 aliphatic heterocycles. The fraction of sp³-hybridized carbons (Fsp3) is 0.400. The fourth-order valence-electron chi connectivity index (χ4n) is 2.26. The molecule has 3 N–H and O–H groups in total. The minimum absolute atomic E-state index is 0.000769. The Morgan fingerprint density at radius 2 is 1.91 bits per heavy atom. The fourth-order valence-corrected chi connectivity index (χ4v) is 2.26. The summed E-state index contributed by atoms with van der Waals surface area (Å²) < 4.78 is 0. The van der Waals surface area contributed by atoms with Crippen molar-refractivity contribution < 1.29 is 19.5 Å². The summed E-state index contributed by atoms with van der Waals surface area (Å²) >= 11 is 0. The first-order valence-corrected chi connectivity index (χ1v) is 7.13. The molecule has 7 nitrogen and oxygen atoms in total. The summed E-state index contributed by atoms with van der Waals surface area (Å²) in [5.41, 5.74) is 1.09. The standard InChI is InChI=1S/C15H19N3O4/c1-9(2)18-13(20)11-5-4-10(8-12(11)14(18)21)17-15(22)16-6-3-7-19/h4-5,8-9,19H,3,6-7H2,1-2H3,(H2,16,17,22). The topological polar surface area (TPSA) is 98.7 Å². The van der Waals surface area contributed by atoms with E-state index in [0.717, 1.165) is 0 Å². The lowest BCUT2D eigenvalue weighted by molar-refractivity contribution is 0.0609. The Kier molecular flexibility index (Phi) is 4.77. The smallest absolute Gasteiger partial charge is 0.319 e. The van der Waals surface area contributed by atoms with Crippen molar-refractivity contribution in [1.82, 2.24) is 10.2 Å². The van der Waals surface area contributed by atoms with E-state index >= 15 is 0 Å². The number of carbonyl (C=O) groups excluding carboxylic acids is 3. The number of nitrogens with zero attached hydrogens (tertiary/aromatic N) is 1. The van der Waals surface area contributed by atoms with Gasteiger partial charge in [0.25, 0.3) is 11.8 Å². The number of rotatable bonds is 5. The number of amides is 4. The first kappa shape index (κ1) is 16.0. The van der Waals surface area contributed by atoms with Gasteiger partial charge in [-0.15, -0.1) is 0 Å². The first-order valence-electron chi connectivity index (χ1n) is 7.13. The Hall–Kier alpha value is -2.41. The summed E-state index contributed by atoms with van der Waals surface area (Å²) in [4.78, 5) is 37.2. The van der Waals surface area contributed by atoms with Gasteiger partial charge in [-0.3, -0.25) is 14.5 Å². The van der Waals surface area contributed by atoms with Crippen LogP contribution >= 0.6 is 0 Å². The van der Waals surface area contributed by atoms with Crippen LogP contribution in [0.3, 0.4) is 0 Å². The molecule has 0 atom stereocenters. The molecule has 0 unspecified atom stereocenters. The number of imide groups is 1. The largest absolute Gasteiger partial charge is 0.396 e. The van der Waals surface area contributed by atoms with Gasteiger partial charge in [0, 0.05) is 24.9 Å². The number of aliphatic hydroxyl groups excluding tert-OH is 1. The zero-order valence-electron chi connectivity index (χ0n) is 12.5. The van der Waals surface area contributed by atoms with Crippen LogP contribution in [0.1, 0.15) is 41.0 Å². The van der Waals surface area contributed by atoms with Gasteiger partial charge in [-0.1, -0.05) is 0 Å². The van der Waals surface area contributed by atoms with E-state index in [9.17, 15) is 14.4 Å². The molecule has 1 heterocycles. The first-order chi connectivity index (χ1) is 10.5. The third-order valence-corrected chi connectivity index (χ3v) is 3.31. The van der Waals surface area contributed by atoms with Crippen LogP contribution in [0.5, 0.6) is 0 Å². The van der Waals surface area contributed by atoms with E-state index in [1.165, 1.54) is 11.0 Å². The van der Waals surface area contributed by atoms with Crippen molar-refractivity contribution in [3.8, 4) is 0 Å². The molecule has 22 heavy (non-hydrogen) atoms. The molecule has 0 spiro atoms. The van der Waals surface area contributed by atoms with Crippen LogP contribution in [-0.4, -0.2) is 47.0 Å². The van der Waals surface area contributed by atoms with E-state index in [0.29, 0.717) is 29.8 Å². The number of urea groups is 1. The highest BCUT2D eigenvalue weighted by Crippen LogP contribution is 2.27. The number of carbonyl (C=O) groups is 3. The van der Waals surface area contributed by atoms with Crippen molar-refractivity contribution >= 4 is 23.5 Å². The number of benzene rings is 1. The monoisotopic (exact) mass is 305 g/mol. The van der Waals surface area contributed by atoms with Gasteiger partial charge in [0.2, 0.25) is 0 Å². The zero-order chi connectivity index (χ0) is 16.3. The third kappa shape index (κ3) is 3.09. The lowest BCUT2D eigenvalue weighted by atomic mass is 10.1. The Balaban J connectivity index is 2.12. The summed E-state index contributed by atoms with van der Waals surface area (Å²) in [5, 5.41) is 13.8. The van der Waals surface area contributed by atoms with Crippen molar-refractivity contribution in [2.45, 2.75) is 26.3 Å². The van der Waals surface area contributed by atoms with Gasteiger partial charge >= 0.3 is 6.03 Å². The average Bonchev–Trinajstić information content (AvgIpc) is 2.71. The number of hydrogen-bond acceptors (Lipinski definition) is 4. The maximum Gasteiger partial charge on any atom is 0.319 e. The van der Waals surface area contributed by atoms with E-state index in [2.05, 4.69) is 10.6 Å². The molecule has 7 heteroatoms. The second-order valence-electron chi connectivity index (χ2n) is 5.29. The molecule has 0 bridgehead atoms. The molecule has 4 amide bonds. The molecule has 0 radical (unpaired) electrons. The van der Waals surface area contributed by atoms with Crippen molar-refractivity contribution in [3.63, 3.8) is 0 Å². The van der Waals surface area contributed by atoms with Crippen molar-refractivity contribution in [3.05, 3.63) is 29.3 Å². The minimum Gasteiger partial charge on any atom is -0.396 e. The maximum atomic E-state index is 12.2. The van der Waals surface area contributed by atoms with Crippen molar-refractivity contribution in [2.24, 2.45) is 0 Å². The number of nitrogens with one attached hydrogen (secondary N) is 2. The van der Waals surface area contributed by atoms with Crippen LogP contribution in [0.4, 0.5) is 10.5 Å². The second kappa shape index (κ2) is 6.57. The van der Waals surface area contributed by atoms with Gasteiger partial charge in [-0.2, -0.15) is 0 Å². The van der Waals surface area contributed by atoms with Crippen molar-refractivity contribution in [2.75, 3.05) is 18.5 Å². The molecule has 1 aromatic rings. The highest BCUT2D eigenvalue weighted by molar-refractivity contribution is 6.22. The van der Waals surface area contributed by atoms with E-state index in [-0.39, 0.29) is 24.5 Å². The Bertz CT molecular complexity index is 613. The summed E-state index contributed by atoms with van der Waals surface area (Å²) in [6.07, 6.45) is 0.466. The van der Waals surface area contributed by atoms with Gasteiger partial charge in [0.15, 0.2) is 0 Å². The number of anilines is 1. The Morgan fingerprint density at radius 3 is 2.55 bits per heavy atom. The highest BCUT2D eigenvalue weighted by Gasteiger charge is 2.37. The summed E-state index contributed by atoms with van der Waals surface area (Å²) in [7, 11) is 0. The predicted octanol–water partition coefficient (Wildman–Crippen LogP) is 1.19. The van der Waals surface area contributed by atoms with Gasteiger partial charge in [-0.25, -0.2) is 4.79 Å². The lowest BCUT2D eigenvalue weighted by Crippen LogP contribution is -2.35. The van der Waals surface area contributed by atoms with Crippen LogP contribution in [0, 0.1) is 0 Å². The predicted molar refractivity (Wildman–Crippen MR) is 80.8 cm³/mol. The summed E-state index contributed by atoms with van der Waals surface area (Å²) in [5.74, 6) is -0.659.